The van der Waals surface area contributed by atoms with E-state index < -0.39 is 6.10 Å². The zero-order valence-corrected chi connectivity index (χ0v) is 12.3. The molecule has 0 aromatic rings. The molecule has 0 aromatic carbocycles. The third-order valence-electron chi connectivity index (χ3n) is 2.35. The van der Waals surface area contributed by atoms with Crippen LogP contribution in [0.25, 0.3) is 0 Å². The van der Waals surface area contributed by atoms with Crippen LogP contribution in [0.2, 0.25) is 0 Å². The topological polar surface area (TPSA) is 55.8 Å². The van der Waals surface area contributed by atoms with E-state index in [2.05, 4.69) is 0 Å². The van der Waals surface area contributed by atoms with Crippen LogP contribution in [0, 0.1) is 0 Å². The first kappa shape index (κ1) is 24.6. The van der Waals surface area contributed by atoms with Crippen molar-refractivity contribution in [2.24, 2.45) is 0 Å². The Bertz CT molecular complexity index is 301. The number of hydrogen-bond donors (Lipinski definition) is 0. The van der Waals surface area contributed by atoms with Crippen LogP contribution in [-0.2, 0) is 19.1 Å². The second-order valence-corrected chi connectivity index (χ2v) is 4.66. The van der Waals surface area contributed by atoms with Crippen molar-refractivity contribution < 1.29 is 19.1 Å². The van der Waals surface area contributed by atoms with Crippen LogP contribution in [0.5, 0.6) is 0 Å². The lowest BCUT2D eigenvalue weighted by Crippen LogP contribution is -2.21. The summed E-state index contributed by atoms with van der Waals surface area (Å²) in [5, 5.41) is 0. The average Bonchev–Trinajstić information content (AvgIpc) is 2.28. The minimum atomic E-state index is -0.440. The van der Waals surface area contributed by atoms with Gasteiger partial charge in [0.1, 0.15) is 12.7 Å². The summed E-state index contributed by atoms with van der Waals surface area (Å²) in [7, 11) is 3.91. The molecule has 0 aromatic heterocycles. The van der Waals surface area contributed by atoms with Gasteiger partial charge in [-0.05, 0) is 40.9 Å². The Morgan fingerprint density at radius 3 is 2.33 bits per heavy atom. The molecule has 1 atom stereocenters. The number of ether oxygens (including phenoxy) is 2. The van der Waals surface area contributed by atoms with Crippen LogP contribution < -0.4 is 0 Å². The zero-order valence-electron chi connectivity index (χ0n) is 12.3. The molecule has 1 unspecified atom stereocenters. The number of carbonyl (C=O) groups excluding carboxylic acids is 2. The van der Waals surface area contributed by atoms with Crippen molar-refractivity contribution in [1.82, 2.24) is 4.90 Å². The number of rotatable bonds is 9. The quantitative estimate of drug-likeness (QED) is 0.484. The summed E-state index contributed by atoms with van der Waals surface area (Å²) < 4.78 is 10.1. The van der Waals surface area contributed by atoms with Gasteiger partial charge in [-0.25, -0.2) is 0 Å². The standard InChI is InChI=1S/C14H25NO4.2CH4/c1-5-6-10-18-14(17)11-12(2)19-13(16)8-7-9-15(3)4;;/h5-6,12H,7-11H2,1-4H3;2*1H4/b6-5-;;. The normalized spacial score (nSPS) is 11.5. The smallest absolute Gasteiger partial charge is 0.309 e. The molecule has 0 rings (SSSR count). The van der Waals surface area contributed by atoms with Crippen LogP contribution >= 0.6 is 0 Å². The summed E-state index contributed by atoms with van der Waals surface area (Å²) in [6.45, 7) is 4.65. The lowest BCUT2D eigenvalue weighted by molar-refractivity contribution is -0.153. The maximum Gasteiger partial charge on any atom is 0.309 e. The molecule has 0 aliphatic rings. The van der Waals surface area contributed by atoms with Crippen molar-refractivity contribution in [1.29, 1.82) is 0 Å². The Morgan fingerprint density at radius 1 is 1.19 bits per heavy atom. The maximum absolute atomic E-state index is 11.5. The maximum atomic E-state index is 11.5. The average molecular weight is 303 g/mol. The Kier molecular flexibility index (Phi) is 17.6. The van der Waals surface area contributed by atoms with Gasteiger partial charge < -0.3 is 14.4 Å². The van der Waals surface area contributed by atoms with Crippen molar-refractivity contribution in [2.75, 3.05) is 27.2 Å². The molecule has 0 fully saturated rings. The largest absolute Gasteiger partial charge is 0.462 e. The Labute approximate surface area is 130 Å². The number of allylic oxidation sites excluding steroid dienone is 1. The van der Waals surface area contributed by atoms with Crippen LogP contribution in [0.1, 0.15) is 48.0 Å². The number of nitrogens with zero attached hydrogens (tertiary/aromatic N) is 1. The molecule has 0 radical (unpaired) electrons. The molecule has 0 bridgehead atoms. The van der Waals surface area contributed by atoms with Crippen molar-refractivity contribution in [2.45, 2.75) is 54.1 Å². The van der Waals surface area contributed by atoms with E-state index in [9.17, 15) is 9.59 Å². The molecule has 5 nitrogen and oxygen atoms in total. The number of hydrogen-bond acceptors (Lipinski definition) is 5. The van der Waals surface area contributed by atoms with E-state index >= 15 is 0 Å². The summed E-state index contributed by atoms with van der Waals surface area (Å²) in [4.78, 5) is 24.8. The van der Waals surface area contributed by atoms with Gasteiger partial charge in [0.15, 0.2) is 0 Å². The van der Waals surface area contributed by atoms with Gasteiger partial charge in [-0.3, -0.25) is 9.59 Å². The number of carbonyl (C=O) groups is 2. The first-order chi connectivity index (χ1) is 8.95. The molecule has 0 aliphatic heterocycles. The Balaban J connectivity index is -0.00000162. The minimum absolute atomic E-state index is 0. The fourth-order valence-electron chi connectivity index (χ4n) is 1.40. The first-order valence-electron chi connectivity index (χ1n) is 6.56. The molecule has 0 heterocycles. The van der Waals surface area contributed by atoms with E-state index in [0.717, 1.165) is 13.0 Å². The third kappa shape index (κ3) is 16.6. The Morgan fingerprint density at radius 2 is 1.81 bits per heavy atom. The van der Waals surface area contributed by atoms with Crippen molar-refractivity contribution in [3.8, 4) is 0 Å². The highest BCUT2D eigenvalue weighted by molar-refractivity contribution is 5.72. The molecule has 21 heavy (non-hydrogen) atoms. The molecular weight excluding hydrogens is 270 g/mol. The summed E-state index contributed by atoms with van der Waals surface area (Å²) in [6.07, 6.45) is 4.33. The molecule has 0 saturated heterocycles. The van der Waals surface area contributed by atoms with E-state index in [1.807, 2.05) is 32.0 Å². The highest BCUT2D eigenvalue weighted by atomic mass is 16.6. The molecule has 0 N–H and O–H groups in total. The van der Waals surface area contributed by atoms with Gasteiger partial charge >= 0.3 is 11.9 Å². The van der Waals surface area contributed by atoms with Crippen molar-refractivity contribution >= 4 is 11.9 Å². The van der Waals surface area contributed by atoms with E-state index in [1.165, 1.54) is 0 Å². The fourth-order valence-corrected chi connectivity index (χ4v) is 1.40. The number of esters is 2. The van der Waals surface area contributed by atoms with Crippen LogP contribution in [0.15, 0.2) is 12.2 Å². The Hall–Kier alpha value is -1.36. The molecular formula is C16H33NO4. The van der Waals surface area contributed by atoms with E-state index in [-0.39, 0.29) is 39.8 Å². The van der Waals surface area contributed by atoms with Crippen molar-refractivity contribution in [3.63, 3.8) is 0 Å². The molecule has 5 heteroatoms. The van der Waals surface area contributed by atoms with E-state index in [0.29, 0.717) is 6.42 Å². The summed E-state index contributed by atoms with van der Waals surface area (Å²) in [6, 6.07) is 0. The second-order valence-electron chi connectivity index (χ2n) is 4.66. The fraction of sp³-hybridized carbons (Fsp3) is 0.750. The predicted octanol–water partition coefficient (Wildman–Crippen LogP) is 3.04. The van der Waals surface area contributed by atoms with Crippen molar-refractivity contribution in [3.05, 3.63) is 12.2 Å². The van der Waals surface area contributed by atoms with Crippen LogP contribution in [0.3, 0.4) is 0 Å². The van der Waals surface area contributed by atoms with E-state index in [4.69, 9.17) is 9.47 Å². The third-order valence-corrected chi connectivity index (χ3v) is 2.35. The SMILES string of the molecule is C.C.C/C=C\COC(=O)CC(C)OC(=O)CCCN(C)C. The van der Waals surface area contributed by atoms with Gasteiger partial charge in [-0.1, -0.05) is 27.0 Å². The second kappa shape index (κ2) is 15.0. The summed E-state index contributed by atoms with van der Waals surface area (Å²) in [5.41, 5.74) is 0. The highest BCUT2D eigenvalue weighted by Crippen LogP contribution is 2.03. The predicted molar refractivity (Wildman–Crippen MR) is 87.2 cm³/mol. The zero-order chi connectivity index (χ0) is 14.7. The monoisotopic (exact) mass is 303 g/mol. The molecule has 0 amide bonds. The lowest BCUT2D eigenvalue weighted by atomic mass is 10.2. The lowest BCUT2D eigenvalue weighted by Gasteiger charge is -2.13. The van der Waals surface area contributed by atoms with Gasteiger partial charge in [0.25, 0.3) is 0 Å². The summed E-state index contributed by atoms with van der Waals surface area (Å²) in [5.74, 6) is -0.623. The first-order valence-corrected chi connectivity index (χ1v) is 6.56. The highest BCUT2D eigenvalue weighted by Gasteiger charge is 2.14. The van der Waals surface area contributed by atoms with Gasteiger partial charge in [0.05, 0.1) is 6.42 Å². The van der Waals surface area contributed by atoms with Gasteiger partial charge in [-0.2, -0.15) is 0 Å². The summed E-state index contributed by atoms with van der Waals surface area (Å²) >= 11 is 0. The molecule has 0 aliphatic carbocycles. The molecule has 0 saturated carbocycles. The molecule has 0 spiro atoms. The van der Waals surface area contributed by atoms with Gasteiger partial charge in [0.2, 0.25) is 0 Å². The van der Waals surface area contributed by atoms with Crippen LogP contribution in [0.4, 0.5) is 0 Å². The minimum Gasteiger partial charge on any atom is -0.462 e. The van der Waals surface area contributed by atoms with Gasteiger partial charge in [-0.15, -0.1) is 0 Å². The molecule has 126 valence electrons. The van der Waals surface area contributed by atoms with Crippen LogP contribution in [-0.4, -0.2) is 50.2 Å². The van der Waals surface area contributed by atoms with Gasteiger partial charge in [0, 0.05) is 6.42 Å². The van der Waals surface area contributed by atoms with E-state index in [1.54, 1.807) is 13.0 Å².